The molecule has 2 aromatic rings. The summed E-state index contributed by atoms with van der Waals surface area (Å²) >= 11 is 10.6. The molecule has 0 radical (unpaired) electrons. The molecule has 0 saturated carbocycles. The lowest BCUT2D eigenvalue weighted by Crippen LogP contribution is -1.87. The lowest BCUT2D eigenvalue weighted by molar-refractivity contribution is 0.472. The number of ether oxygens (including phenoxy) is 1. The van der Waals surface area contributed by atoms with Crippen LogP contribution in [-0.2, 0) is 6.42 Å². The summed E-state index contributed by atoms with van der Waals surface area (Å²) in [6.45, 7) is 2.05. The molecule has 0 amide bonds. The molecule has 3 nitrogen and oxygen atoms in total. The first kappa shape index (κ1) is 11.8. The van der Waals surface area contributed by atoms with Crippen LogP contribution >= 0.6 is 38.9 Å². The van der Waals surface area contributed by atoms with Gasteiger partial charge in [-0.25, -0.2) is 0 Å². The van der Waals surface area contributed by atoms with Crippen LogP contribution < -0.4 is 4.74 Å². The lowest BCUT2D eigenvalue weighted by atomic mass is 10.2. The first-order valence-electron chi connectivity index (χ1n) is 4.64. The largest absolute Gasteiger partial charge is 0.430 e. The van der Waals surface area contributed by atoms with Gasteiger partial charge in [0.05, 0.1) is 0 Å². The second-order valence-corrected chi connectivity index (χ2v) is 5.65. The van der Waals surface area contributed by atoms with Crippen LogP contribution in [0.1, 0.15) is 12.5 Å². The Morgan fingerprint density at radius 3 is 2.88 bits per heavy atom. The Kier molecular flexibility index (Phi) is 3.78. The molecule has 2 rings (SSSR count). The summed E-state index contributed by atoms with van der Waals surface area (Å²) in [6, 6.07) is 5.56. The second kappa shape index (κ2) is 5.12. The van der Waals surface area contributed by atoms with Gasteiger partial charge in [-0.1, -0.05) is 23.6 Å². The minimum absolute atomic E-state index is 0.510. The summed E-state index contributed by atoms with van der Waals surface area (Å²) in [4.78, 5) is 0. The Labute approximate surface area is 111 Å². The fourth-order valence-corrected chi connectivity index (χ4v) is 2.41. The van der Waals surface area contributed by atoms with E-state index in [2.05, 4.69) is 26.1 Å². The third-order valence-electron chi connectivity index (χ3n) is 1.99. The van der Waals surface area contributed by atoms with Gasteiger partial charge in [0, 0.05) is 5.02 Å². The molecule has 0 aliphatic carbocycles. The van der Waals surface area contributed by atoms with Crippen LogP contribution in [0.25, 0.3) is 0 Å². The van der Waals surface area contributed by atoms with Gasteiger partial charge in [0.2, 0.25) is 0 Å². The highest BCUT2D eigenvalue weighted by atomic mass is 79.9. The smallest absolute Gasteiger partial charge is 0.300 e. The van der Waals surface area contributed by atoms with Crippen molar-refractivity contribution in [1.29, 1.82) is 0 Å². The summed E-state index contributed by atoms with van der Waals surface area (Å²) in [5.41, 5.74) is 1.06. The van der Waals surface area contributed by atoms with E-state index in [0.29, 0.717) is 9.11 Å². The molecule has 0 saturated heterocycles. The Balaban J connectivity index is 2.21. The number of nitrogens with zero attached hydrogens (tertiary/aromatic N) is 2. The Morgan fingerprint density at radius 2 is 2.25 bits per heavy atom. The molecule has 0 spiro atoms. The summed E-state index contributed by atoms with van der Waals surface area (Å²) < 4.78 is 6.25. The molecule has 1 aromatic heterocycles. The van der Waals surface area contributed by atoms with Crippen molar-refractivity contribution >= 4 is 38.9 Å². The van der Waals surface area contributed by atoms with E-state index in [1.54, 1.807) is 0 Å². The minimum atomic E-state index is 0.510. The molecule has 84 valence electrons. The zero-order valence-electron chi connectivity index (χ0n) is 8.41. The molecule has 0 unspecified atom stereocenters. The standard InChI is InChI=1S/C10H8BrClN2OS/c1-2-6-5-7(3-4-8(6)12)15-10-14-13-9(11)16-10/h3-5H,2H2,1H3. The van der Waals surface area contributed by atoms with Gasteiger partial charge in [0.1, 0.15) is 5.75 Å². The van der Waals surface area contributed by atoms with E-state index in [1.807, 2.05) is 25.1 Å². The van der Waals surface area contributed by atoms with Crippen molar-refractivity contribution in [3.8, 4) is 10.9 Å². The quantitative estimate of drug-likeness (QED) is 0.845. The molecule has 0 bridgehead atoms. The fraction of sp³-hybridized carbons (Fsp3) is 0.200. The SMILES string of the molecule is CCc1cc(Oc2nnc(Br)s2)ccc1Cl. The molecule has 1 aromatic carbocycles. The Morgan fingerprint density at radius 1 is 1.44 bits per heavy atom. The summed E-state index contributed by atoms with van der Waals surface area (Å²) in [6.07, 6.45) is 0.871. The second-order valence-electron chi connectivity index (χ2n) is 3.03. The van der Waals surface area contributed by atoms with Gasteiger partial charge < -0.3 is 4.74 Å². The molecule has 0 atom stereocenters. The molecule has 6 heteroatoms. The fourth-order valence-electron chi connectivity index (χ4n) is 1.22. The predicted molar refractivity (Wildman–Crippen MR) is 68.5 cm³/mol. The van der Waals surface area contributed by atoms with Crippen molar-refractivity contribution in [2.75, 3.05) is 0 Å². The zero-order valence-corrected chi connectivity index (χ0v) is 11.6. The Hall–Kier alpha value is -0.650. The van der Waals surface area contributed by atoms with Crippen LogP contribution in [0, 0.1) is 0 Å². The van der Waals surface area contributed by atoms with E-state index in [-0.39, 0.29) is 0 Å². The van der Waals surface area contributed by atoms with Gasteiger partial charge in [0.15, 0.2) is 3.92 Å². The van der Waals surface area contributed by atoms with Crippen LogP contribution in [0.3, 0.4) is 0 Å². The minimum Gasteiger partial charge on any atom is -0.430 e. The highest BCUT2D eigenvalue weighted by molar-refractivity contribution is 9.11. The maximum Gasteiger partial charge on any atom is 0.300 e. The Bertz CT molecular complexity index is 503. The first-order chi connectivity index (χ1) is 7.69. The molecule has 0 aliphatic rings. The molecular weight excluding hydrogens is 312 g/mol. The van der Waals surface area contributed by atoms with E-state index < -0.39 is 0 Å². The first-order valence-corrected chi connectivity index (χ1v) is 6.63. The van der Waals surface area contributed by atoms with E-state index in [4.69, 9.17) is 16.3 Å². The van der Waals surface area contributed by atoms with Crippen molar-refractivity contribution < 1.29 is 4.74 Å². The monoisotopic (exact) mass is 318 g/mol. The molecule has 1 heterocycles. The van der Waals surface area contributed by atoms with E-state index >= 15 is 0 Å². The van der Waals surface area contributed by atoms with Crippen molar-refractivity contribution in [3.63, 3.8) is 0 Å². The van der Waals surface area contributed by atoms with Gasteiger partial charge in [-0.3, -0.25) is 0 Å². The van der Waals surface area contributed by atoms with Crippen LogP contribution in [0.15, 0.2) is 22.1 Å². The van der Waals surface area contributed by atoms with Crippen molar-refractivity contribution in [2.24, 2.45) is 0 Å². The number of rotatable bonds is 3. The van der Waals surface area contributed by atoms with Crippen LogP contribution in [-0.4, -0.2) is 10.2 Å². The van der Waals surface area contributed by atoms with E-state index in [9.17, 15) is 0 Å². The summed E-state index contributed by atoms with van der Waals surface area (Å²) in [5, 5.41) is 8.93. The van der Waals surface area contributed by atoms with Gasteiger partial charge in [-0.15, -0.1) is 5.10 Å². The summed E-state index contributed by atoms with van der Waals surface area (Å²) in [5.74, 6) is 0.727. The van der Waals surface area contributed by atoms with Gasteiger partial charge in [-0.05, 0) is 57.5 Å². The highest BCUT2D eigenvalue weighted by Gasteiger charge is 2.06. The molecule has 0 fully saturated rings. The molecule has 16 heavy (non-hydrogen) atoms. The number of hydrogen-bond acceptors (Lipinski definition) is 4. The maximum absolute atomic E-state index is 6.02. The number of hydrogen-bond donors (Lipinski definition) is 0. The van der Waals surface area contributed by atoms with Crippen LogP contribution in [0.2, 0.25) is 5.02 Å². The van der Waals surface area contributed by atoms with Gasteiger partial charge in [-0.2, -0.15) is 0 Å². The average Bonchev–Trinajstić information content (AvgIpc) is 2.67. The third-order valence-corrected chi connectivity index (χ3v) is 3.59. The normalized spacial score (nSPS) is 10.4. The highest BCUT2D eigenvalue weighted by Crippen LogP contribution is 2.29. The van der Waals surface area contributed by atoms with Crippen molar-refractivity contribution in [1.82, 2.24) is 10.2 Å². The van der Waals surface area contributed by atoms with Crippen LogP contribution in [0.5, 0.6) is 10.9 Å². The van der Waals surface area contributed by atoms with Gasteiger partial charge in [0.25, 0.3) is 5.19 Å². The summed E-state index contributed by atoms with van der Waals surface area (Å²) in [7, 11) is 0. The lowest BCUT2D eigenvalue weighted by Gasteiger charge is -2.04. The predicted octanol–water partition coefficient (Wildman–Crippen LogP) is 4.31. The molecule has 0 aliphatic heterocycles. The van der Waals surface area contributed by atoms with E-state index in [1.165, 1.54) is 11.3 Å². The maximum atomic E-state index is 6.02. The van der Waals surface area contributed by atoms with Gasteiger partial charge >= 0.3 is 0 Å². The van der Waals surface area contributed by atoms with Crippen molar-refractivity contribution in [2.45, 2.75) is 13.3 Å². The third kappa shape index (κ3) is 2.72. The topological polar surface area (TPSA) is 35.0 Å². The molecule has 0 N–H and O–H groups in total. The average molecular weight is 320 g/mol. The number of benzene rings is 1. The van der Waals surface area contributed by atoms with E-state index in [0.717, 1.165) is 22.8 Å². The van der Waals surface area contributed by atoms with Crippen molar-refractivity contribution in [3.05, 3.63) is 32.7 Å². The molecular formula is C10H8BrClN2OS. The van der Waals surface area contributed by atoms with Crippen LogP contribution in [0.4, 0.5) is 0 Å². The number of halogens is 2. The number of aromatic nitrogens is 2. The zero-order chi connectivity index (χ0) is 11.5. The number of aryl methyl sites for hydroxylation is 1.